The van der Waals surface area contributed by atoms with Crippen LogP contribution in [-0.2, 0) is 11.3 Å². The first-order valence-electron chi connectivity index (χ1n) is 7.56. The molecule has 1 heterocycles. The molecule has 1 aromatic heterocycles. The first-order chi connectivity index (χ1) is 10.6. The number of amides is 1. The Morgan fingerprint density at radius 1 is 1.23 bits per heavy atom. The van der Waals surface area contributed by atoms with Crippen molar-refractivity contribution in [1.82, 2.24) is 10.3 Å². The molecule has 2 rings (SSSR count). The standard InChI is InChI=1S/C18H23N3O/c1-4-16(15-8-6-5-7-9-15)18(22)20-13-14-10-11-19-17(12-14)21(2)3/h5-12,16H,4,13H2,1-3H3,(H,20,22). The molecule has 4 nitrogen and oxygen atoms in total. The number of nitrogens with one attached hydrogen (secondary N) is 1. The van der Waals surface area contributed by atoms with Crippen LogP contribution in [0.25, 0.3) is 0 Å². The van der Waals surface area contributed by atoms with E-state index in [0.29, 0.717) is 6.54 Å². The van der Waals surface area contributed by atoms with Crippen LogP contribution in [0.1, 0.15) is 30.4 Å². The molecule has 1 N–H and O–H groups in total. The maximum atomic E-state index is 12.4. The van der Waals surface area contributed by atoms with E-state index in [4.69, 9.17) is 0 Å². The lowest BCUT2D eigenvalue weighted by molar-refractivity contribution is -0.122. The molecule has 4 heteroatoms. The number of pyridine rings is 1. The Morgan fingerprint density at radius 2 is 1.95 bits per heavy atom. The first-order valence-corrected chi connectivity index (χ1v) is 7.56. The highest BCUT2D eigenvalue weighted by Gasteiger charge is 2.17. The molecular weight excluding hydrogens is 274 g/mol. The molecule has 0 fully saturated rings. The van der Waals surface area contributed by atoms with Crippen LogP contribution in [0.3, 0.4) is 0 Å². The van der Waals surface area contributed by atoms with Gasteiger partial charge in [-0.25, -0.2) is 4.98 Å². The van der Waals surface area contributed by atoms with Crippen molar-refractivity contribution in [3.05, 3.63) is 59.8 Å². The van der Waals surface area contributed by atoms with E-state index in [0.717, 1.165) is 23.4 Å². The van der Waals surface area contributed by atoms with Gasteiger partial charge < -0.3 is 10.2 Å². The van der Waals surface area contributed by atoms with E-state index in [1.807, 2.05) is 68.4 Å². The Kier molecular flexibility index (Phi) is 5.53. The van der Waals surface area contributed by atoms with Crippen LogP contribution in [0.4, 0.5) is 5.82 Å². The molecule has 22 heavy (non-hydrogen) atoms. The number of anilines is 1. The van der Waals surface area contributed by atoms with Crippen molar-refractivity contribution in [2.45, 2.75) is 25.8 Å². The zero-order chi connectivity index (χ0) is 15.9. The summed E-state index contributed by atoms with van der Waals surface area (Å²) < 4.78 is 0. The largest absolute Gasteiger partial charge is 0.363 e. The van der Waals surface area contributed by atoms with Crippen molar-refractivity contribution < 1.29 is 4.79 Å². The number of hydrogen-bond acceptors (Lipinski definition) is 3. The molecule has 0 aliphatic heterocycles. The summed E-state index contributed by atoms with van der Waals surface area (Å²) in [4.78, 5) is 18.7. The van der Waals surface area contributed by atoms with Crippen molar-refractivity contribution in [3.8, 4) is 0 Å². The van der Waals surface area contributed by atoms with E-state index in [1.54, 1.807) is 6.20 Å². The van der Waals surface area contributed by atoms with Gasteiger partial charge in [0.25, 0.3) is 0 Å². The third kappa shape index (κ3) is 4.07. The highest BCUT2D eigenvalue weighted by molar-refractivity contribution is 5.83. The van der Waals surface area contributed by atoms with Crippen molar-refractivity contribution >= 4 is 11.7 Å². The topological polar surface area (TPSA) is 45.2 Å². The predicted octanol–water partition coefficient (Wildman–Crippen LogP) is 2.96. The molecule has 0 radical (unpaired) electrons. The lowest BCUT2D eigenvalue weighted by atomic mass is 9.95. The molecule has 0 bridgehead atoms. The second-order valence-electron chi connectivity index (χ2n) is 5.51. The van der Waals surface area contributed by atoms with Gasteiger partial charge in [0, 0.05) is 26.8 Å². The summed E-state index contributed by atoms with van der Waals surface area (Å²) in [5.41, 5.74) is 2.11. The highest BCUT2D eigenvalue weighted by Crippen LogP contribution is 2.19. The second-order valence-corrected chi connectivity index (χ2v) is 5.51. The van der Waals surface area contributed by atoms with Crippen LogP contribution in [0.5, 0.6) is 0 Å². The van der Waals surface area contributed by atoms with Gasteiger partial charge in [0.15, 0.2) is 0 Å². The Morgan fingerprint density at radius 3 is 2.59 bits per heavy atom. The predicted molar refractivity (Wildman–Crippen MR) is 89.9 cm³/mol. The number of aromatic nitrogens is 1. The smallest absolute Gasteiger partial charge is 0.227 e. The molecule has 116 valence electrons. The van der Waals surface area contributed by atoms with Crippen LogP contribution < -0.4 is 10.2 Å². The quantitative estimate of drug-likeness (QED) is 0.891. The Balaban J connectivity index is 2.01. The van der Waals surface area contributed by atoms with Gasteiger partial charge in [-0.1, -0.05) is 37.3 Å². The number of carbonyl (C=O) groups is 1. The normalized spacial score (nSPS) is 11.8. The van der Waals surface area contributed by atoms with Gasteiger partial charge in [-0.15, -0.1) is 0 Å². The lowest BCUT2D eigenvalue weighted by Gasteiger charge is -2.16. The Bertz CT molecular complexity index is 611. The number of nitrogens with zero attached hydrogens (tertiary/aromatic N) is 2. The SMILES string of the molecule is CCC(C(=O)NCc1ccnc(N(C)C)c1)c1ccccc1. The van der Waals surface area contributed by atoms with Gasteiger partial charge in [-0.3, -0.25) is 4.79 Å². The van der Waals surface area contributed by atoms with Crippen LogP contribution >= 0.6 is 0 Å². The first kappa shape index (κ1) is 16.0. The zero-order valence-electron chi connectivity index (χ0n) is 13.4. The van der Waals surface area contributed by atoms with Gasteiger partial charge in [0.05, 0.1) is 5.92 Å². The number of rotatable bonds is 6. The minimum absolute atomic E-state index is 0.0666. The average Bonchev–Trinajstić information content (AvgIpc) is 2.55. The molecule has 1 aromatic carbocycles. The second kappa shape index (κ2) is 7.59. The fourth-order valence-corrected chi connectivity index (χ4v) is 2.39. The Hall–Kier alpha value is -2.36. The third-order valence-corrected chi connectivity index (χ3v) is 3.66. The van der Waals surface area contributed by atoms with E-state index < -0.39 is 0 Å². The van der Waals surface area contributed by atoms with E-state index >= 15 is 0 Å². The summed E-state index contributed by atoms with van der Waals surface area (Å²) in [5, 5.41) is 3.03. The fourth-order valence-electron chi connectivity index (χ4n) is 2.39. The van der Waals surface area contributed by atoms with Crippen molar-refractivity contribution in [1.29, 1.82) is 0 Å². The molecule has 2 aromatic rings. The van der Waals surface area contributed by atoms with Gasteiger partial charge >= 0.3 is 0 Å². The number of hydrogen-bond donors (Lipinski definition) is 1. The maximum Gasteiger partial charge on any atom is 0.227 e. The van der Waals surface area contributed by atoms with Crippen LogP contribution in [-0.4, -0.2) is 25.0 Å². The van der Waals surface area contributed by atoms with E-state index in [2.05, 4.69) is 10.3 Å². The molecule has 0 saturated heterocycles. The summed E-state index contributed by atoms with van der Waals surface area (Å²) in [6.07, 6.45) is 2.56. The summed E-state index contributed by atoms with van der Waals surface area (Å²) >= 11 is 0. The molecule has 1 unspecified atom stereocenters. The molecule has 0 aliphatic rings. The van der Waals surface area contributed by atoms with Crippen LogP contribution in [0.15, 0.2) is 48.7 Å². The minimum atomic E-state index is -0.101. The van der Waals surface area contributed by atoms with Crippen LogP contribution in [0, 0.1) is 0 Å². The lowest BCUT2D eigenvalue weighted by Crippen LogP contribution is -2.28. The molecule has 0 aliphatic carbocycles. The van der Waals surface area contributed by atoms with E-state index in [1.165, 1.54) is 0 Å². The highest BCUT2D eigenvalue weighted by atomic mass is 16.1. The van der Waals surface area contributed by atoms with Gasteiger partial charge in [0.2, 0.25) is 5.91 Å². The van der Waals surface area contributed by atoms with Gasteiger partial charge in [0.1, 0.15) is 5.82 Å². The minimum Gasteiger partial charge on any atom is -0.363 e. The summed E-state index contributed by atoms with van der Waals surface area (Å²) in [7, 11) is 3.90. The molecular formula is C18H23N3O. The van der Waals surface area contributed by atoms with Crippen LogP contribution in [0.2, 0.25) is 0 Å². The monoisotopic (exact) mass is 297 g/mol. The molecule has 0 spiro atoms. The summed E-state index contributed by atoms with van der Waals surface area (Å²) in [5.74, 6) is 0.857. The van der Waals surface area contributed by atoms with Crippen molar-refractivity contribution in [2.75, 3.05) is 19.0 Å². The Labute approximate surface area is 132 Å². The van der Waals surface area contributed by atoms with E-state index in [-0.39, 0.29) is 11.8 Å². The number of benzene rings is 1. The molecule has 1 amide bonds. The fraction of sp³-hybridized carbons (Fsp3) is 0.333. The summed E-state index contributed by atoms with van der Waals surface area (Å²) in [6.45, 7) is 2.55. The number of carbonyl (C=O) groups excluding carboxylic acids is 1. The van der Waals surface area contributed by atoms with Gasteiger partial charge in [-0.05, 0) is 29.7 Å². The third-order valence-electron chi connectivity index (χ3n) is 3.66. The zero-order valence-corrected chi connectivity index (χ0v) is 13.4. The summed E-state index contributed by atoms with van der Waals surface area (Å²) in [6, 6.07) is 13.8. The average molecular weight is 297 g/mol. The molecule has 1 atom stereocenters. The van der Waals surface area contributed by atoms with Crippen molar-refractivity contribution in [2.24, 2.45) is 0 Å². The van der Waals surface area contributed by atoms with Crippen molar-refractivity contribution in [3.63, 3.8) is 0 Å². The van der Waals surface area contributed by atoms with E-state index in [9.17, 15) is 4.79 Å². The molecule has 0 saturated carbocycles. The maximum absolute atomic E-state index is 12.4. The van der Waals surface area contributed by atoms with Gasteiger partial charge in [-0.2, -0.15) is 0 Å².